The Labute approximate surface area is 133 Å². The molecule has 0 bridgehead atoms. The molecule has 0 aromatic carbocycles. The first-order valence-electron chi connectivity index (χ1n) is 7.34. The molecule has 23 heavy (non-hydrogen) atoms. The standard InChI is InChI=1S/C13H19N5O5/c1-16-10-9(11(20)15-13(16)21)18(7-8(19)22-2)12(14-10)17-3-5-23-6-4-17/h9-10H,3-7H2,1-2H3,(H,15,20,21). The van der Waals surface area contributed by atoms with Crippen molar-refractivity contribution < 1.29 is 23.9 Å². The van der Waals surface area contributed by atoms with Gasteiger partial charge in [-0.25, -0.2) is 9.79 Å². The third kappa shape index (κ3) is 2.69. The van der Waals surface area contributed by atoms with Gasteiger partial charge >= 0.3 is 12.0 Å². The molecular formula is C13H19N5O5. The lowest BCUT2D eigenvalue weighted by molar-refractivity contribution is -0.142. The number of imide groups is 1. The first-order valence-corrected chi connectivity index (χ1v) is 7.34. The lowest BCUT2D eigenvalue weighted by Crippen LogP contribution is -2.65. The smallest absolute Gasteiger partial charge is 0.325 e. The first kappa shape index (κ1) is 15.5. The van der Waals surface area contributed by atoms with Gasteiger partial charge in [-0.15, -0.1) is 0 Å². The Hall–Kier alpha value is -2.36. The van der Waals surface area contributed by atoms with Gasteiger partial charge in [-0.3, -0.25) is 14.9 Å². The number of carbonyl (C=O) groups is 3. The molecule has 0 saturated carbocycles. The predicted molar refractivity (Wildman–Crippen MR) is 77.4 cm³/mol. The van der Waals surface area contributed by atoms with E-state index in [4.69, 9.17) is 9.47 Å². The minimum absolute atomic E-state index is 0.108. The van der Waals surface area contributed by atoms with Gasteiger partial charge in [-0.1, -0.05) is 0 Å². The Morgan fingerprint density at radius 2 is 2.09 bits per heavy atom. The summed E-state index contributed by atoms with van der Waals surface area (Å²) < 4.78 is 10.0. The number of aliphatic imine (C=N–C) groups is 1. The van der Waals surface area contributed by atoms with Gasteiger partial charge in [-0.2, -0.15) is 0 Å². The van der Waals surface area contributed by atoms with Crippen molar-refractivity contribution in [1.29, 1.82) is 0 Å². The molecule has 3 amide bonds. The molecule has 2 unspecified atom stereocenters. The van der Waals surface area contributed by atoms with Gasteiger partial charge in [0.05, 0.1) is 20.3 Å². The van der Waals surface area contributed by atoms with Gasteiger partial charge in [0, 0.05) is 20.1 Å². The highest BCUT2D eigenvalue weighted by Gasteiger charge is 2.50. The number of fused-ring (bicyclic) bond motifs is 1. The van der Waals surface area contributed by atoms with Gasteiger partial charge in [0.2, 0.25) is 0 Å². The quantitative estimate of drug-likeness (QED) is 0.588. The van der Waals surface area contributed by atoms with E-state index in [-0.39, 0.29) is 6.54 Å². The lowest BCUT2D eigenvalue weighted by Gasteiger charge is -2.37. The van der Waals surface area contributed by atoms with Crippen LogP contribution in [0.1, 0.15) is 0 Å². The fourth-order valence-electron chi connectivity index (χ4n) is 2.91. The fraction of sp³-hybridized carbons (Fsp3) is 0.692. The van der Waals surface area contributed by atoms with Gasteiger partial charge < -0.3 is 24.2 Å². The second kappa shape index (κ2) is 6.03. The summed E-state index contributed by atoms with van der Waals surface area (Å²) in [5.41, 5.74) is 0. The van der Waals surface area contributed by atoms with Gasteiger partial charge in [0.15, 0.2) is 18.2 Å². The molecule has 2 atom stereocenters. The van der Waals surface area contributed by atoms with Crippen molar-refractivity contribution in [3.05, 3.63) is 0 Å². The number of morpholine rings is 1. The molecule has 0 aromatic heterocycles. The van der Waals surface area contributed by atoms with Crippen LogP contribution in [0.2, 0.25) is 0 Å². The van der Waals surface area contributed by atoms with Crippen LogP contribution >= 0.6 is 0 Å². The Morgan fingerprint density at radius 3 is 2.74 bits per heavy atom. The van der Waals surface area contributed by atoms with Crippen molar-refractivity contribution in [2.24, 2.45) is 4.99 Å². The SMILES string of the molecule is COC(=O)CN1C(N2CCOCC2)=NC2C1C(=O)NC(=O)N2C. The first-order chi connectivity index (χ1) is 11.0. The number of guanidine groups is 1. The van der Waals surface area contributed by atoms with Crippen LogP contribution in [-0.2, 0) is 19.1 Å². The lowest BCUT2D eigenvalue weighted by atomic mass is 10.1. The molecule has 0 spiro atoms. The highest BCUT2D eigenvalue weighted by Crippen LogP contribution is 2.25. The molecule has 1 N–H and O–H groups in total. The molecule has 0 aromatic rings. The number of hydrogen-bond acceptors (Lipinski definition) is 8. The van der Waals surface area contributed by atoms with Crippen LogP contribution in [0.25, 0.3) is 0 Å². The molecule has 126 valence electrons. The number of nitrogens with zero attached hydrogens (tertiary/aromatic N) is 4. The summed E-state index contributed by atoms with van der Waals surface area (Å²) in [6, 6.07) is -1.24. The minimum atomic E-state index is -0.741. The van der Waals surface area contributed by atoms with E-state index in [1.54, 1.807) is 11.9 Å². The summed E-state index contributed by atoms with van der Waals surface area (Å²) in [5, 5.41) is 2.28. The van der Waals surface area contributed by atoms with E-state index in [1.807, 2.05) is 4.90 Å². The topological polar surface area (TPSA) is 104 Å². The van der Waals surface area contributed by atoms with Crippen LogP contribution in [0.5, 0.6) is 0 Å². The number of carbonyl (C=O) groups excluding carboxylic acids is 3. The van der Waals surface area contributed by atoms with Crippen molar-refractivity contribution in [3.8, 4) is 0 Å². The summed E-state index contributed by atoms with van der Waals surface area (Å²) >= 11 is 0. The number of likely N-dealkylation sites (N-methyl/N-ethyl adjacent to an activating group) is 1. The maximum Gasteiger partial charge on any atom is 0.325 e. The average molecular weight is 325 g/mol. The Kier molecular flexibility index (Phi) is 4.07. The normalized spacial score (nSPS) is 27.6. The number of hydrogen-bond donors (Lipinski definition) is 1. The molecule has 3 heterocycles. The van der Waals surface area contributed by atoms with E-state index in [0.717, 1.165) is 0 Å². The Morgan fingerprint density at radius 1 is 1.39 bits per heavy atom. The number of amides is 3. The highest BCUT2D eigenvalue weighted by molar-refractivity contribution is 6.04. The molecular weight excluding hydrogens is 306 g/mol. The number of methoxy groups -OCH3 is 1. The minimum Gasteiger partial charge on any atom is -0.468 e. The van der Waals surface area contributed by atoms with Crippen LogP contribution in [-0.4, -0.2) is 97.8 Å². The zero-order valence-corrected chi connectivity index (χ0v) is 13.0. The van der Waals surface area contributed by atoms with E-state index in [1.165, 1.54) is 12.0 Å². The highest BCUT2D eigenvalue weighted by atomic mass is 16.5. The molecule has 0 aliphatic carbocycles. The summed E-state index contributed by atoms with van der Waals surface area (Å²) in [7, 11) is 2.86. The fourth-order valence-corrected chi connectivity index (χ4v) is 2.91. The predicted octanol–water partition coefficient (Wildman–Crippen LogP) is -1.96. The maximum atomic E-state index is 12.3. The second-order valence-electron chi connectivity index (χ2n) is 5.50. The van der Waals surface area contributed by atoms with Crippen LogP contribution in [0.4, 0.5) is 4.79 Å². The van der Waals surface area contributed by atoms with E-state index < -0.39 is 30.1 Å². The van der Waals surface area contributed by atoms with E-state index in [9.17, 15) is 14.4 Å². The second-order valence-corrected chi connectivity index (χ2v) is 5.50. The molecule has 3 aliphatic heterocycles. The van der Waals surface area contributed by atoms with Crippen LogP contribution < -0.4 is 5.32 Å². The zero-order valence-electron chi connectivity index (χ0n) is 13.0. The molecule has 0 radical (unpaired) electrons. The van der Waals surface area contributed by atoms with Gasteiger partial charge in [-0.05, 0) is 0 Å². The van der Waals surface area contributed by atoms with E-state index >= 15 is 0 Å². The van der Waals surface area contributed by atoms with Crippen LogP contribution in [0.3, 0.4) is 0 Å². The molecule has 10 heteroatoms. The average Bonchev–Trinajstić information content (AvgIpc) is 2.93. The molecule has 2 saturated heterocycles. The number of esters is 1. The third-order valence-electron chi connectivity index (χ3n) is 4.16. The summed E-state index contributed by atoms with van der Waals surface area (Å²) in [6.45, 7) is 2.19. The van der Waals surface area contributed by atoms with Crippen molar-refractivity contribution in [1.82, 2.24) is 20.0 Å². The zero-order chi connectivity index (χ0) is 16.6. The van der Waals surface area contributed by atoms with Crippen molar-refractivity contribution in [2.45, 2.75) is 12.2 Å². The molecule has 10 nitrogen and oxygen atoms in total. The van der Waals surface area contributed by atoms with Crippen LogP contribution in [0.15, 0.2) is 4.99 Å². The Bertz CT molecular complexity index is 559. The maximum absolute atomic E-state index is 12.3. The van der Waals surface area contributed by atoms with Crippen molar-refractivity contribution in [2.75, 3.05) is 47.0 Å². The summed E-state index contributed by atoms with van der Waals surface area (Å²) in [4.78, 5) is 45.3. The third-order valence-corrected chi connectivity index (χ3v) is 4.16. The Balaban J connectivity index is 1.91. The summed E-state index contributed by atoms with van der Waals surface area (Å²) in [5.74, 6) is -0.418. The molecule has 3 aliphatic rings. The largest absolute Gasteiger partial charge is 0.468 e. The number of urea groups is 1. The van der Waals surface area contributed by atoms with E-state index in [2.05, 4.69) is 10.3 Å². The number of nitrogens with one attached hydrogen (secondary N) is 1. The van der Waals surface area contributed by atoms with E-state index in [0.29, 0.717) is 32.3 Å². The monoisotopic (exact) mass is 325 g/mol. The van der Waals surface area contributed by atoms with Crippen LogP contribution in [0, 0.1) is 0 Å². The number of rotatable bonds is 2. The van der Waals surface area contributed by atoms with Gasteiger partial charge in [0.25, 0.3) is 5.91 Å². The molecule has 2 fully saturated rings. The number of ether oxygens (including phenoxy) is 2. The molecule has 3 rings (SSSR count). The van der Waals surface area contributed by atoms with Gasteiger partial charge in [0.1, 0.15) is 6.54 Å². The van der Waals surface area contributed by atoms with Crippen molar-refractivity contribution >= 4 is 23.9 Å². The van der Waals surface area contributed by atoms with Crippen molar-refractivity contribution in [3.63, 3.8) is 0 Å². The summed E-state index contributed by atoms with van der Waals surface area (Å²) in [6.07, 6.45) is -0.654.